The lowest BCUT2D eigenvalue weighted by Crippen LogP contribution is -2.27. The molecule has 0 bridgehead atoms. The molecule has 0 spiro atoms. The van der Waals surface area contributed by atoms with Crippen LogP contribution in [0, 0.1) is 0 Å². The summed E-state index contributed by atoms with van der Waals surface area (Å²) in [6, 6.07) is 16.1. The van der Waals surface area contributed by atoms with E-state index in [0.29, 0.717) is 22.9 Å². The quantitative estimate of drug-likeness (QED) is 0.770. The summed E-state index contributed by atoms with van der Waals surface area (Å²) in [5.74, 6) is 0.0148. The van der Waals surface area contributed by atoms with Gasteiger partial charge in [0, 0.05) is 12.2 Å². The smallest absolute Gasteiger partial charge is 0.293 e. The van der Waals surface area contributed by atoms with Crippen LogP contribution >= 0.6 is 11.8 Å². The first-order chi connectivity index (χ1) is 13.1. The Bertz CT molecular complexity index is 879. The van der Waals surface area contributed by atoms with E-state index in [1.807, 2.05) is 18.2 Å². The molecule has 1 saturated heterocycles. The number of nitrogens with zero attached hydrogens (tertiary/aromatic N) is 1. The summed E-state index contributed by atoms with van der Waals surface area (Å²) in [4.78, 5) is 37.3. The summed E-state index contributed by atoms with van der Waals surface area (Å²) in [6.07, 6.45) is 1.67. The zero-order valence-corrected chi connectivity index (χ0v) is 15.5. The van der Waals surface area contributed by atoms with Gasteiger partial charge in [0.05, 0.1) is 4.91 Å². The van der Waals surface area contributed by atoms with Crippen molar-refractivity contribution in [2.75, 3.05) is 18.5 Å². The number of imide groups is 1. The maximum absolute atomic E-state index is 12.1. The van der Waals surface area contributed by atoms with E-state index in [-0.39, 0.29) is 23.7 Å². The molecule has 0 saturated carbocycles. The number of benzene rings is 2. The average Bonchev–Trinajstić information content (AvgIpc) is 2.94. The van der Waals surface area contributed by atoms with Crippen LogP contribution in [0.1, 0.15) is 12.5 Å². The molecule has 27 heavy (non-hydrogen) atoms. The predicted octanol–water partition coefficient (Wildman–Crippen LogP) is 3.76. The highest BCUT2D eigenvalue weighted by Crippen LogP contribution is 2.32. The van der Waals surface area contributed by atoms with E-state index in [1.54, 1.807) is 49.4 Å². The molecule has 1 aliphatic rings. The van der Waals surface area contributed by atoms with E-state index in [0.717, 1.165) is 17.3 Å². The first kappa shape index (κ1) is 18.7. The molecule has 138 valence electrons. The molecule has 0 unspecified atom stereocenters. The van der Waals surface area contributed by atoms with Gasteiger partial charge in [0.2, 0.25) is 0 Å². The highest BCUT2D eigenvalue weighted by Gasteiger charge is 2.33. The summed E-state index contributed by atoms with van der Waals surface area (Å²) in [6.45, 7) is 2.02. The third-order valence-electron chi connectivity index (χ3n) is 3.80. The number of hydrogen-bond acceptors (Lipinski definition) is 5. The first-order valence-electron chi connectivity index (χ1n) is 8.40. The van der Waals surface area contributed by atoms with E-state index in [1.165, 1.54) is 4.90 Å². The van der Waals surface area contributed by atoms with Gasteiger partial charge < -0.3 is 10.1 Å². The Kier molecular flexibility index (Phi) is 5.93. The summed E-state index contributed by atoms with van der Waals surface area (Å²) in [5.41, 5.74) is 1.49. The average molecular weight is 382 g/mol. The van der Waals surface area contributed by atoms with Crippen LogP contribution in [0.4, 0.5) is 10.5 Å². The van der Waals surface area contributed by atoms with Crippen molar-refractivity contribution in [1.29, 1.82) is 0 Å². The Labute approximate surface area is 161 Å². The lowest BCUT2D eigenvalue weighted by Gasteiger charge is -2.08. The Morgan fingerprint density at radius 1 is 1.11 bits per heavy atom. The van der Waals surface area contributed by atoms with Gasteiger partial charge in [-0.15, -0.1) is 0 Å². The molecule has 3 amide bonds. The Morgan fingerprint density at radius 2 is 1.81 bits per heavy atom. The van der Waals surface area contributed by atoms with Crippen LogP contribution in [-0.2, 0) is 9.59 Å². The van der Waals surface area contributed by atoms with Gasteiger partial charge >= 0.3 is 0 Å². The van der Waals surface area contributed by atoms with E-state index in [9.17, 15) is 14.4 Å². The fourth-order valence-electron chi connectivity index (χ4n) is 2.45. The van der Waals surface area contributed by atoms with E-state index >= 15 is 0 Å². The standard InChI is InChI=1S/C20H18N2O4S/c1-2-22-19(24)17(27-20(22)25)12-14-8-10-16(11-9-14)26-13-18(23)21-15-6-4-3-5-7-15/h3-12H,2,13H2,1H3,(H,21,23). The second kappa shape index (κ2) is 8.55. The van der Waals surface area contributed by atoms with Crippen LogP contribution in [0.25, 0.3) is 6.08 Å². The maximum atomic E-state index is 12.1. The second-order valence-corrected chi connectivity index (χ2v) is 6.69. The van der Waals surface area contributed by atoms with E-state index in [4.69, 9.17) is 4.74 Å². The minimum Gasteiger partial charge on any atom is -0.484 e. The number of hydrogen-bond donors (Lipinski definition) is 1. The zero-order valence-electron chi connectivity index (χ0n) is 14.7. The molecule has 1 heterocycles. The fourth-order valence-corrected chi connectivity index (χ4v) is 3.35. The van der Waals surface area contributed by atoms with Crippen molar-refractivity contribution < 1.29 is 19.1 Å². The number of carbonyl (C=O) groups is 3. The van der Waals surface area contributed by atoms with Gasteiger partial charge in [-0.05, 0) is 54.6 Å². The van der Waals surface area contributed by atoms with Crippen LogP contribution in [0.15, 0.2) is 59.5 Å². The summed E-state index contributed by atoms with van der Waals surface area (Å²) >= 11 is 0.935. The Morgan fingerprint density at radius 3 is 2.44 bits per heavy atom. The molecule has 1 aliphatic heterocycles. The number of rotatable bonds is 6. The molecule has 2 aromatic carbocycles. The molecule has 0 aromatic heterocycles. The van der Waals surface area contributed by atoms with Crippen molar-refractivity contribution in [1.82, 2.24) is 4.90 Å². The van der Waals surface area contributed by atoms with Crippen LogP contribution in [0.5, 0.6) is 5.75 Å². The number of carbonyl (C=O) groups excluding carboxylic acids is 3. The normalized spacial score (nSPS) is 15.3. The lowest BCUT2D eigenvalue weighted by molar-refractivity contribution is -0.122. The summed E-state index contributed by atoms with van der Waals surface area (Å²) < 4.78 is 5.47. The van der Waals surface area contributed by atoms with Gasteiger partial charge in [0.25, 0.3) is 17.1 Å². The SMILES string of the molecule is CCN1C(=O)SC(=Cc2ccc(OCC(=O)Nc3ccccc3)cc2)C1=O. The van der Waals surface area contributed by atoms with Crippen LogP contribution in [0.3, 0.4) is 0 Å². The molecular formula is C20H18N2O4S. The van der Waals surface area contributed by atoms with Gasteiger partial charge in [-0.2, -0.15) is 0 Å². The maximum Gasteiger partial charge on any atom is 0.293 e. The number of anilines is 1. The number of thioether (sulfide) groups is 1. The van der Waals surface area contributed by atoms with Crippen molar-refractivity contribution in [3.63, 3.8) is 0 Å². The van der Waals surface area contributed by atoms with Gasteiger partial charge in [-0.1, -0.05) is 30.3 Å². The van der Waals surface area contributed by atoms with Crippen molar-refractivity contribution in [3.8, 4) is 5.75 Å². The third-order valence-corrected chi connectivity index (χ3v) is 4.70. The second-order valence-electron chi connectivity index (χ2n) is 5.70. The van der Waals surface area contributed by atoms with Gasteiger partial charge in [0.15, 0.2) is 6.61 Å². The van der Waals surface area contributed by atoms with E-state index < -0.39 is 0 Å². The highest BCUT2D eigenvalue weighted by molar-refractivity contribution is 8.18. The number of ether oxygens (including phenoxy) is 1. The first-order valence-corrected chi connectivity index (χ1v) is 9.21. The number of nitrogens with one attached hydrogen (secondary N) is 1. The molecule has 1 fully saturated rings. The molecule has 0 radical (unpaired) electrons. The molecular weight excluding hydrogens is 364 g/mol. The number of amides is 3. The molecule has 1 N–H and O–H groups in total. The topological polar surface area (TPSA) is 75.7 Å². The highest BCUT2D eigenvalue weighted by atomic mass is 32.2. The predicted molar refractivity (Wildman–Crippen MR) is 105 cm³/mol. The molecule has 0 aliphatic carbocycles. The van der Waals surface area contributed by atoms with Crippen molar-refractivity contribution >= 4 is 40.6 Å². The third kappa shape index (κ3) is 4.77. The minimum absolute atomic E-state index is 0.108. The van der Waals surface area contributed by atoms with Gasteiger partial charge in [0.1, 0.15) is 5.75 Å². The van der Waals surface area contributed by atoms with Crippen molar-refractivity contribution in [3.05, 3.63) is 65.1 Å². The number of likely N-dealkylation sites (N-methyl/N-ethyl adjacent to an activating group) is 1. The zero-order chi connectivity index (χ0) is 19.2. The van der Waals surface area contributed by atoms with Gasteiger partial charge in [-0.25, -0.2) is 0 Å². The molecule has 2 aromatic rings. The number of para-hydroxylation sites is 1. The summed E-state index contributed by atoms with van der Waals surface area (Å²) in [5, 5.41) is 2.49. The van der Waals surface area contributed by atoms with E-state index in [2.05, 4.69) is 5.32 Å². The van der Waals surface area contributed by atoms with Crippen LogP contribution in [-0.4, -0.2) is 35.1 Å². The van der Waals surface area contributed by atoms with Crippen molar-refractivity contribution in [2.24, 2.45) is 0 Å². The summed E-state index contributed by atoms with van der Waals surface area (Å²) in [7, 11) is 0. The Balaban J connectivity index is 1.56. The largest absolute Gasteiger partial charge is 0.484 e. The molecule has 7 heteroatoms. The molecule has 3 rings (SSSR count). The molecule has 6 nitrogen and oxygen atoms in total. The molecule has 0 atom stereocenters. The van der Waals surface area contributed by atoms with Crippen LogP contribution < -0.4 is 10.1 Å². The minimum atomic E-state index is -0.273. The lowest BCUT2D eigenvalue weighted by atomic mass is 10.2. The Hall–Kier alpha value is -3.06. The van der Waals surface area contributed by atoms with Crippen LogP contribution in [0.2, 0.25) is 0 Å². The fraction of sp³-hybridized carbons (Fsp3) is 0.150. The van der Waals surface area contributed by atoms with Crippen molar-refractivity contribution in [2.45, 2.75) is 6.92 Å². The van der Waals surface area contributed by atoms with Gasteiger partial charge in [-0.3, -0.25) is 19.3 Å². The monoisotopic (exact) mass is 382 g/mol.